The molecule has 1 atom stereocenters. The highest BCUT2D eigenvalue weighted by atomic mass is 19.4. The van der Waals surface area contributed by atoms with E-state index in [1.807, 2.05) is 0 Å². The fraction of sp³-hybridized carbons (Fsp3) is 0.667. The normalized spacial score (nSPS) is 17.2. The fourth-order valence-corrected chi connectivity index (χ4v) is 1.07. The van der Waals surface area contributed by atoms with Crippen molar-refractivity contribution in [1.82, 2.24) is 0 Å². The monoisotopic (exact) mass is 390 g/mol. The van der Waals surface area contributed by atoms with Gasteiger partial charge in [-0.05, 0) is 0 Å². The summed E-state index contributed by atoms with van der Waals surface area (Å²) in [5.41, 5.74) is 0. The van der Waals surface area contributed by atoms with E-state index in [4.69, 9.17) is 0 Å². The SMILES string of the molecule is C=CC(=O)OC(F)(C(F)(F)C(F)(F)F)C(F)(F)C(F)(F)C(F)(F)F. The van der Waals surface area contributed by atoms with Crippen molar-refractivity contribution in [3.8, 4) is 0 Å². The summed E-state index contributed by atoms with van der Waals surface area (Å²) in [6.45, 7) is 2.26. The van der Waals surface area contributed by atoms with Crippen LogP contribution in [-0.2, 0) is 9.53 Å². The molecule has 0 saturated carbocycles. The summed E-state index contributed by atoms with van der Waals surface area (Å²) in [5, 5.41) is 0. The van der Waals surface area contributed by atoms with Gasteiger partial charge in [0.2, 0.25) is 0 Å². The molecule has 142 valence electrons. The summed E-state index contributed by atoms with van der Waals surface area (Å²) in [4.78, 5) is 10.5. The first-order chi connectivity index (χ1) is 10.2. The van der Waals surface area contributed by atoms with E-state index in [9.17, 15) is 61.9 Å². The first-order valence-electron chi connectivity index (χ1n) is 5.02. The first-order valence-corrected chi connectivity index (χ1v) is 5.02. The van der Waals surface area contributed by atoms with E-state index in [2.05, 4.69) is 11.3 Å². The van der Waals surface area contributed by atoms with E-state index in [1.165, 1.54) is 0 Å². The number of ether oxygens (including phenoxy) is 1. The van der Waals surface area contributed by atoms with Crippen LogP contribution in [0.4, 0.5) is 57.1 Å². The second-order valence-corrected chi connectivity index (χ2v) is 3.94. The first kappa shape index (κ1) is 22.3. The third-order valence-corrected chi connectivity index (χ3v) is 2.32. The number of alkyl halides is 13. The van der Waals surface area contributed by atoms with Crippen LogP contribution in [0.2, 0.25) is 0 Å². The molecule has 0 spiro atoms. The minimum atomic E-state index is -7.88. The summed E-state index contributed by atoms with van der Waals surface area (Å²) in [6, 6.07) is 0. The third kappa shape index (κ3) is 2.99. The van der Waals surface area contributed by atoms with Gasteiger partial charge >= 0.3 is 41.9 Å². The zero-order chi connectivity index (χ0) is 20.0. The van der Waals surface area contributed by atoms with Gasteiger partial charge in [-0.1, -0.05) is 6.58 Å². The van der Waals surface area contributed by atoms with Crippen molar-refractivity contribution in [3.05, 3.63) is 12.7 Å². The van der Waals surface area contributed by atoms with Crippen molar-refractivity contribution < 1.29 is 66.6 Å². The molecule has 0 radical (unpaired) electrons. The topological polar surface area (TPSA) is 26.3 Å². The molecule has 0 aliphatic carbocycles. The molecule has 0 heterocycles. The lowest BCUT2D eigenvalue weighted by Gasteiger charge is -2.41. The molecule has 0 rings (SSSR count). The van der Waals surface area contributed by atoms with Gasteiger partial charge in [0.1, 0.15) is 0 Å². The molecule has 0 N–H and O–H groups in total. The van der Waals surface area contributed by atoms with E-state index < -0.39 is 48.0 Å². The van der Waals surface area contributed by atoms with Gasteiger partial charge in [0, 0.05) is 6.08 Å². The van der Waals surface area contributed by atoms with Crippen molar-refractivity contribution in [1.29, 1.82) is 0 Å². The maximum absolute atomic E-state index is 13.6. The zero-order valence-electron chi connectivity index (χ0n) is 10.5. The Labute approximate surface area is 122 Å². The number of carbonyl (C=O) groups excluding carboxylic acids is 1. The summed E-state index contributed by atoms with van der Waals surface area (Å²) >= 11 is 0. The Bertz CT molecular complexity index is 503. The molecule has 0 fully saturated rings. The average molecular weight is 390 g/mol. The molecule has 2 nitrogen and oxygen atoms in total. The molecular weight excluding hydrogens is 387 g/mol. The van der Waals surface area contributed by atoms with Gasteiger partial charge in [-0.15, -0.1) is 0 Å². The van der Waals surface area contributed by atoms with Gasteiger partial charge in [0.05, 0.1) is 0 Å². The molecule has 15 heteroatoms. The fourth-order valence-electron chi connectivity index (χ4n) is 1.07. The maximum Gasteiger partial charge on any atom is 0.461 e. The van der Waals surface area contributed by atoms with Gasteiger partial charge < -0.3 is 4.74 Å². The summed E-state index contributed by atoms with van der Waals surface area (Å²) in [5.74, 6) is -33.6. The van der Waals surface area contributed by atoms with E-state index >= 15 is 0 Å². The number of rotatable bonds is 5. The van der Waals surface area contributed by atoms with E-state index in [-0.39, 0.29) is 0 Å². The molecule has 0 aromatic rings. The smallest absolute Gasteiger partial charge is 0.413 e. The second-order valence-electron chi connectivity index (χ2n) is 3.94. The molecule has 0 aromatic carbocycles. The largest absolute Gasteiger partial charge is 0.461 e. The number of carbonyl (C=O) groups is 1. The molecule has 0 aliphatic heterocycles. The molecule has 0 aliphatic rings. The Hall–Kier alpha value is -1.70. The van der Waals surface area contributed by atoms with Crippen LogP contribution >= 0.6 is 0 Å². The lowest BCUT2D eigenvalue weighted by Crippen LogP contribution is -2.72. The minimum Gasteiger partial charge on any atom is -0.413 e. The molecule has 1 unspecified atom stereocenters. The summed E-state index contributed by atoms with van der Waals surface area (Å²) in [7, 11) is 0. The van der Waals surface area contributed by atoms with Crippen molar-refractivity contribution >= 4 is 5.97 Å². The van der Waals surface area contributed by atoms with Crippen LogP contribution in [0, 0.1) is 0 Å². The quantitative estimate of drug-likeness (QED) is 0.395. The zero-order valence-corrected chi connectivity index (χ0v) is 10.5. The molecular formula is C9H3F13O2. The van der Waals surface area contributed by atoms with Gasteiger partial charge in [-0.3, -0.25) is 0 Å². The van der Waals surface area contributed by atoms with Crippen LogP contribution in [0.3, 0.4) is 0 Å². The predicted molar refractivity (Wildman–Crippen MR) is 47.1 cm³/mol. The van der Waals surface area contributed by atoms with Crippen LogP contribution in [0.5, 0.6) is 0 Å². The van der Waals surface area contributed by atoms with Gasteiger partial charge in [0.25, 0.3) is 0 Å². The Balaban J connectivity index is 6.66. The van der Waals surface area contributed by atoms with Crippen LogP contribution in [0.25, 0.3) is 0 Å². The predicted octanol–water partition coefficient (Wildman–Crippen LogP) is 4.41. The highest BCUT2D eigenvalue weighted by Gasteiger charge is 2.92. The van der Waals surface area contributed by atoms with Crippen molar-refractivity contribution in [3.63, 3.8) is 0 Å². The Kier molecular flexibility index (Phi) is 5.28. The lowest BCUT2D eigenvalue weighted by atomic mass is 9.96. The third-order valence-electron chi connectivity index (χ3n) is 2.32. The van der Waals surface area contributed by atoms with E-state index in [1.54, 1.807) is 0 Å². The van der Waals surface area contributed by atoms with Gasteiger partial charge in [-0.2, -0.15) is 57.1 Å². The molecule has 0 amide bonds. The highest BCUT2D eigenvalue weighted by molar-refractivity contribution is 5.81. The molecule has 0 saturated heterocycles. The van der Waals surface area contributed by atoms with Gasteiger partial charge in [-0.25, -0.2) is 4.79 Å². The number of hydrogen-bond acceptors (Lipinski definition) is 2. The highest BCUT2D eigenvalue weighted by Crippen LogP contribution is 2.60. The number of hydrogen-bond donors (Lipinski definition) is 0. The van der Waals surface area contributed by atoms with Crippen molar-refractivity contribution in [2.75, 3.05) is 0 Å². The van der Waals surface area contributed by atoms with E-state index in [0.29, 0.717) is 0 Å². The summed E-state index contributed by atoms with van der Waals surface area (Å²) < 4.78 is 165. The lowest BCUT2D eigenvalue weighted by molar-refractivity contribution is -0.466. The van der Waals surface area contributed by atoms with E-state index in [0.717, 1.165) is 0 Å². The van der Waals surface area contributed by atoms with Crippen molar-refractivity contribution in [2.45, 2.75) is 36.0 Å². The number of halogens is 13. The maximum atomic E-state index is 13.6. The Morgan fingerprint density at radius 3 is 1.25 bits per heavy atom. The standard InChI is InChI=1S/C9H3F13O2/c1-2-3(23)24-7(16,6(14,15)9(20,21)22)4(10,11)5(12,13)8(17,18)19/h2H,1H2. The van der Waals surface area contributed by atoms with Crippen LogP contribution < -0.4 is 0 Å². The van der Waals surface area contributed by atoms with Crippen LogP contribution in [-0.4, -0.2) is 41.9 Å². The minimum absolute atomic E-state index is 0.525. The Morgan fingerprint density at radius 1 is 0.667 bits per heavy atom. The van der Waals surface area contributed by atoms with Crippen LogP contribution in [0.1, 0.15) is 0 Å². The average Bonchev–Trinajstić information content (AvgIpc) is 2.34. The van der Waals surface area contributed by atoms with Gasteiger partial charge in [0.15, 0.2) is 0 Å². The molecule has 0 bridgehead atoms. The number of esters is 1. The molecule has 24 heavy (non-hydrogen) atoms. The Morgan fingerprint density at radius 2 is 1.00 bits per heavy atom. The van der Waals surface area contributed by atoms with Crippen molar-refractivity contribution in [2.24, 2.45) is 0 Å². The van der Waals surface area contributed by atoms with Crippen LogP contribution in [0.15, 0.2) is 12.7 Å². The molecule has 0 aromatic heterocycles. The summed E-state index contributed by atoms with van der Waals surface area (Å²) in [6.07, 6.45) is -15.4. The second kappa shape index (κ2) is 5.68.